The average Bonchev–Trinajstić information content (AvgIpc) is 1.94. The van der Waals surface area contributed by atoms with Crippen molar-refractivity contribution in [2.24, 2.45) is 0 Å². The summed E-state index contributed by atoms with van der Waals surface area (Å²) in [6.07, 6.45) is 2.43. The Bertz CT molecular complexity index is 266. The third kappa shape index (κ3) is 1.26. The Labute approximate surface area is 57.2 Å². The van der Waals surface area contributed by atoms with Gasteiger partial charge in [0.2, 0.25) is 5.95 Å². The summed E-state index contributed by atoms with van der Waals surface area (Å²) in [6.45, 7) is 0. The number of aromatic nitrogens is 2. The van der Waals surface area contributed by atoms with Crippen molar-refractivity contribution in [1.82, 2.24) is 9.97 Å². The lowest BCUT2D eigenvalue weighted by Gasteiger charge is -1.91. The van der Waals surface area contributed by atoms with Crippen LogP contribution < -0.4 is 0 Å². The summed E-state index contributed by atoms with van der Waals surface area (Å²) < 4.78 is 12.5. The fraction of sp³-hybridized carbons (Fsp3) is 0.167. The highest BCUT2D eigenvalue weighted by molar-refractivity contribution is 5.09. The van der Waals surface area contributed by atoms with Gasteiger partial charge < -0.3 is 0 Å². The van der Waals surface area contributed by atoms with E-state index in [1.807, 2.05) is 0 Å². The molecule has 0 fully saturated rings. The van der Waals surface area contributed by atoms with E-state index in [9.17, 15) is 4.39 Å². The van der Waals surface area contributed by atoms with Gasteiger partial charge in [0, 0.05) is 11.8 Å². The summed E-state index contributed by atoms with van der Waals surface area (Å²) in [4.78, 5) is 6.83. The summed E-state index contributed by atoms with van der Waals surface area (Å²) in [5, 5.41) is 8.17. The van der Waals surface area contributed by atoms with Gasteiger partial charge in [-0.25, -0.2) is 9.97 Å². The molecule has 0 radical (unpaired) electrons. The number of nitrogens with zero attached hydrogens (tertiary/aromatic N) is 3. The minimum Gasteiger partial charge on any atom is -0.244 e. The van der Waals surface area contributed by atoms with E-state index in [1.165, 1.54) is 6.20 Å². The molecule has 50 valence electrons. The van der Waals surface area contributed by atoms with Crippen LogP contribution in [0.5, 0.6) is 0 Å². The predicted octanol–water partition coefficient (Wildman–Crippen LogP) is 0.682. The molecule has 3 nitrogen and oxygen atoms in total. The summed E-state index contributed by atoms with van der Waals surface area (Å²) in [7, 11) is 0. The molecule has 0 aromatic carbocycles. The second-order valence-electron chi connectivity index (χ2n) is 1.67. The van der Waals surface area contributed by atoms with Gasteiger partial charge in [-0.2, -0.15) is 9.65 Å². The Balaban J connectivity index is 2.94. The molecule has 0 saturated carbocycles. The van der Waals surface area contributed by atoms with E-state index in [0.29, 0.717) is 0 Å². The van der Waals surface area contributed by atoms with E-state index in [-0.39, 0.29) is 12.0 Å². The Hall–Kier alpha value is -1.50. The molecule has 1 heterocycles. The number of halogens is 1. The molecule has 0 aliphatic carbocycles. The summed E-state index contributed by atoms with van der Waals surface area (Å²) in [5.74, 6) is -0.614. The van der Waals surface area contributed by atoms with Crippen LogP contribution in [-0.2, 0) is 6.42 Å². The van der Waals surface area contributed by atoms with Crippen molar-refractivity contribution in [3.05, 3.63) is 24.0 Å². The maximum absolute atomic E-state index is 12.5. The quantitative estimate of drug-likeness (QED) is 0.535. The SMILES string of the molecule is N#CCc1cncnc1F. The van der Waals surface area contributed by atoms with Gasteiger partial charge in [-0.05, 0) is 0 Å². The average molecular weight is 137 g/mol. The molecule has 0 saturated heterocycles. The zero-order chi connectivity index (χ0) is 7.40. The van der Waals surface area contributed by atoms with Gasteiger partial charge in [0.05, 0.1) is 12.5 Å². The molecule has 0 bridgehead atoms. The Morgan fingerprint density at radius 1 is 1.70 bits per heavy atom. The largest absolute Gasteiger partial charge is 0.244 e. The van der Waals surface area contributed by atoms with Crippen LogP contribution in [0.15, 0.2) is 12.5 Å². The van der Waals surface area contributed by atoms with Gasteiger partial charge in [0.15, 0.2) is 0 Å². The van der Waals surface area contributed by atoms with Gasteiger partial charge in [0.25, 0.3) is 0 Å². The topological polar surface area (TPSA) is 49.6 Å². The van der Waals surface area contributed by atoms with Crippen molar-refractivity contribution in [3.8, 4) is 6.07 Å². The molecule has 1 rings (SSSR count). The smallest absolute Gasteiger partial charge is 0.220 e. The minimum absolute atomic E-state index is 0.0205. The van der Waals surface area contributed by atoms with Gasteiger partial charge >= 0.3 is 0 Å². The Kier molecular flexibility index (Phi) is 1.90. The Morgan fingerprint density at radius 3 is 3.10 bits per heavy atom. The van der Waals surface area contributed by atoms with Crippen molar-refractivity contribution >= 4 is 0 Å². The summed E-state index contributed by atoms with van der Waals surface area (Å²) >= 11 is 0. The molecular weight excluding hydrogens is 133 g/mol. The molecule has 0 unspecified atom stereocenters. The highest BCUT2D eigenvalue weighted by Crippen LogP contribution is 1.99. The van der Waals surface area contributed by atoms with Gasteiger partial charge in [-0.1, -0.05) is 0 Å². The van der Waals surface area contributed by atoms with E-state index in [2.05, 4.69) is 9.97 Å². The number of rotatable bonds is 1. The van der Waals surface area contributed by atoms with Crippen molar-refractivity contribution < 1.29 is 4.39 Å². The van der Waals surface area contributed by atoms with Crippen molar-refractivity contribution in [2.45, 2.75) is 6.42 Å². The van der Waals surface area contributed by atoms with Gasteiger partial charge in [-0.3, -0.25) is 0 Å². The van der Waals surface area contributed by atoms with Crippen LogP contribution >= 0.6 is 0 Å². The molecule has 1 aromatic heterocycles. The minimum atomic E-state index is -0.614. The van der Waals surface area contributed by atoms with Crippen molar-refractivity contribution in [3.63, 3.8) is 0 Å². The van der Waals surface area contributed by atoms with Gasteiger partial charge in [0.1, 0.15) is 6.33 Å². The normalized spacial score (nSPS) is 8.80. The molecule has 0 amide bonds. The lowest BCUT2D eigenvalue weighted by molar-refractivity contribution is 0.566. The molecule has 4 heteroatoms. The fourth-order valence-corrected chi connectivity index (χ4v) is 0.547. The Morgan fingerprint density at radius 2 is 2.50 bits per heavy atom. The lowest BCUT2D eigenvalue weighted by Crippen LogP contribution is -1.92. The van der Waals surface area contributed by atoms with Crippen LogP contribution in [0.25, 0.3) is 0 Å². The second kappa shape index (κ2) is 2.87. The molecule has 0 aliphatic heterocycles. The third-order valence-corrected chi connectivity index (χ3v) is 1.00. The van der Waals surface area contributed by atoms with Crippen LogP contribution in [0, 0.1) is 17.3 Å². The van der Waals surface area contributed by atoms with Crippen LogP contribution in [0.3, 0.4) is 0 Å². The van der Waals surface area contributed by atoms with E-state index in [1.54, 1.807) is 6.07 Å². The molecular formula is C6H4FN3. The summed E-state index contributed by atoms with van der Waals surface area (Å²) in [5.41, 5.74) is 0.241. The summed E-state index contributed by atoms with van der Waals surface area (Å²) in [6, 6.07) is 1.80. The first-order valence-electron chi connectivity index (χ1n) is 2.66. The second-order valence-corrected chi connectivity index (χ2v) is 1.67. The number of nitriles is 1. The molecule has 0 atom stereocenters. The van der Waals surface area contributed by atoms with Crippen LogP contribution in [-0.4, -0.2) is 9.97 Å². The molecule has 0 N–H and O–H groups in total. The first-order chi connectivity index (χ1) is 4.84. The number of hydrogen-bond donors (Lipinski definition) is 0. The molecule has 10 heavy (non-hydrogen) atoms. The van der Waals surface area contributed by atoms with E-state index in [4.69, 9.17) is 5.26 Å². The first kappa shape index (κ1) is 6.62. The lowest BCUT2D eigenvalue weighted by atomic mass is 10.3. The van der Waals surface area contributed by atoms with Gasteiger partial charge in [-0.15, -0.1) is 0 Å². The van der Waals surface area contributed by atoms with Crippen LogP contribution in [0.4, 0.5) is 4.39 Å². The molecule has 1 aromatic rings. The third-order valence-electron chi connectivity index (χ3n) is 1.00. The monoisotopic (exact) mass is 137 g/mol. The molecule has 0 aliphatic rings. The molecule has 0 spiro atoms. The van der Waals surface area contributed by atoms with Crippen molar-refractivity contribution in [2.75, 3.05) is 0 Å². The highest BCUT2D eigenvalue weighted by Gasteiger charge is 1.99. The van der Waals surface area contributed by atoms with Crippen LogP contribution in [0.1, 0.15) is 5.56 Å². The predicted molar refractivity (Wildman–Crippen MR) is 31.3 cm³/mol. The number of hydrogen-bond acceptors (Lipinski definition) is 3. The zero-order valence-electron chi connectivity index (χ0n) is 5.08. The maximum Gasteiger partial charge on any atom is 0.220 e. The zero-order valence-corrected chi connectivity index (χ0v) is 5.08. The standard InChI is InChI=1S/C6H4FN3/c7-6-5(1-2-8)3-9-4-10-6/h3-4H,1H2. The first-order valence-corrected chi connectivity index (χ1v) is 2.66. The van der Waals surface area contributed by atoms with Crippen molar-refractivity contribution in [1.29, 1.82) is 5.26 Å². The van der Waals surface area contributed by atoms with E-state index >= 15 is 0 Å². The fourth-order valence-electron chi connectivity index (χ4n) is 0.547. The maximum atomic E-state index is 12.5. The van der Waals surface area contributed by atoms with Crippen LogP contribution in [0.2, 0.25) is 0 Å². The highest BCUT2D eigenvalue weighted by atomic mass is 19.1. The van der Waals surface area contributed by atoms with E-state index < -0.39 is 5.95 Å². The van der Waals surface area contributed by atoms with E-state index in [0.717, 1.165) is 6.33 Å².